The molecule has 0 amide bonds. The Hall–Kier alpha value is -0.520. The van der Waals surface area contributed by atoms with Gasteiger partial charge >= 0.3 is 0 Å². The van der Waals surface area contributed by atoms with Crippen LogP contribution in [0.25, 0.3) is 0 Å². The first-order valence-electron chi connectivity index (χ1n) is 4.17. The fraction of sp³-hybridized carbons (Fsp3) is 0.600. The molecule has 0 aromatic carbocycles. The third-order valence-corrected chi connectivity index (χ3v) is 2.66. The van der Waals surface area contributed by atoms with Gasteiger partial charge in [-0.15, -0.1) is 0 Å². The Balaban J connectivity index is 2.09. The van der Waals surface area contributed by atoms with E-state index in [0.717, 1.165) is 11.8 Å². The average molecular weight is 133 g/mol. The number of hydrogen-bond donors (Lipinski definition) is 0. The van der Waals surface area contributed by atoms with Crippen molar-refractivity contribution in [2.75, 3.05) is 0 Å². The Bertz CT molecular complexity index is 129. The van der Waals surface area contributed by atoms with Crippen LogP contribution in [0, 0.1) is 17.9 Å². The summed E-state index contributed by atoms with van der Waals surface area (Å²) in [6.45, 7) is 0. The van der Waals surface area contributed by atoms with Gasteiger partial charge in [0.15, 0.2) is 0 Å². The van der Waals surface area contributed by atoms with Gasteiger partial charge in [-0.2, -0.15) is 0 Å². The highest BCUT2D eigenvalue weighted by molar-refractivity contribution is 5.00. The summed E-state index contributed by atoms with van der Waals surface area (Å²) in [5.74, 6) is 1.88. The van der Waals surface area contributed by atoms with E-state index in [1.165, 1.54) is 25.7 Å². The number of allylic oxidation sites excluding steroid dienone is 4. The van der Waals surface area contributed by atoms with Crippen molar-refractivity contribution >= 4 is 0 Å². The van der Waals surface area contributed by atoms with Gasteiger partial charge in [0.25, 0.3) is 0 Å². The molecule has 2 aliphatic carbocycles. The first kappa shape index (κ1) is 6.21. The molecule has 0 aromatic rings. The highest BCUT2D eigenvalue weighted by Gasteiger charge is 2.22. The minimum absolute atomic E-state index is 0.926. The third-order valence-electron chi connectivity index (χ3n) is 2.66. The molecule has 2 aliphatic rings. The maximum Gasteiger partial charge on any atom is -0.0245 e. The normalized spacial score (nSPS) is 37.6. The molecule has 0 heteroatoms. The van der Waals surface area contributed by atoms with E-state index in [-0.39, 0.29) is 0 Å². The monoisotopic (exact) mass is 133 g/mol. The minimum atomic E-state index is 0.926. The standard InChI is InChI=1S/C10H13/c1-2-6-10-8-4-3-7-9(10)5-1/h1-3,9-10H,5-8H2. The molecule has 2 unspecified atom stereocenters. The summed E-state index contributed by atoms with van der Waals surface area (Å²) in [6.07, 6.45) is 15.3. The van der Waals surface area contributed by atoms with Crippen molar-refractivity contribution < 1.29 is 0 Å². The highest BCUT2D eigenvalue weighted by atomic mass is 14.3. The van der Waals surface area contributed by atoms with Gasteiger partial charge in [-0.05, 0) is 43.6 Å². The van der Waals surface area contributed by atoms with Crippen LogP contribution in [0.2, 0.25) is 0 Å². The molecule has 0 fully saturated rings. The van der Waals surface area contributed by atoms with Crippen molar-refractivity contribution in [2.45, 2.75) is 25.7 Å². The second-order valence-corrected chi connectivity index (χ2v) is 3.31. The largest absolute Gasteiger partial charge is 0.0882 e. The lowest BCUT2D eigenvalue weighted by Crippen LogP contribution is -2.18. The molecule has 0 heterocycles. The van der Waals surface area contributed by atoms with E-state index in [2.05, 4.69) is 24.3 Å². The van der Waals surface area contributed by atoms with E-state index in [1.807, 2.05) is 0 Å². The molecular weight excluding hydrogens is 120 g/mol. The molecule has 2 rings (SSSR count). The van der Waals surface area contributed by atoms with Gasteiger partial charge in [0, 0.05) is 0 Å². The van der Waals surface area contributed by atoms with Gasteiger partial charge in [-0.3, -0.25) is 0 Å². The molecular formula is C10H13. The fourth-order valence-electron chi connectivity index (χ4n) is 1.94. The van der Waals surface area contributed by atoms with Crippen LogP contribution in [0.15, 0.2) is 18.2 Å². The van der Waals surface area contributed by atoms with Crippen molar-refractivity contribution in [3.8, 4) is 0 Å². The number of hydrogen-bond acceptors (Lipinski definition) is 0. The first-order chi connectivity index (χ1) is 4.97. The lowest BCUT2D eigenvalue weighted by atomic mass is 9.76. The summed E-state index contributed by atoms with van der Waals surface area (Å²) in [6, 6.07) is 0. The summed E-state index contributed by atoms with van der Waals surface area (Å²) in [5, 5.41) is 0. The Morgan fingerprint density at radius 3 is 2.60 bits per heavy atom. The van der Waals surface area contributed by atoms with Gasteiger partial charge < -0.3 is 0 Å². The van der Waals surface area contributed by atoms with E-state index in [0.29, 0.717) is 0 Å². The molecule has 1 radical (unpaired) electrons. The Kier molecular flexibility index (Phi) is 1.62. The van der Waals surface area contributed by atoms with E-state index < -0.39 is 0 Å². The van der Waals surface area contributed by atoms with Crippen LogP contribution in [0.5, 0.6) is 0 Å². The van der Waals surface area contributed by atoms with Gasteiger partial charge in [-0.1, -0.05) is 18.2 Å². The van der Waals surface area contributed by atoms with Gasteiger partial charge in [0.05, 0.1) is 0 Å². The predicted molar refractivity (Wildman–Crippen MR) is 42.4 cm³/mol. The van der Waals surface area contributed by atoms with Crippen LogP contribution in [-0.2, 0) is 0 Å². The molecule has 10 heavy (non-hydrogen) atoms. The summed E-state index contributed by atoms with van der Waals surface area (Å²) < 4.78 is 0. The Labute approximate surface area is 62.6 Å². The van der Waals surface area contributed by atoms with Crippen LogP contribution in [-0.4, -0.2) is 0 Å². The van der Waals surface area contributed by atoms with Crippen molar-refractivity contribution in [1.29, 1.82) is 0 Å². The second kappa shape index (κ2) is 2.61. The number of rotatable bonds is 0. The van der Waals surface area contributed by atoms with Crippen LogP contribution < -0.4 is 0 Å². The predicted octanol–water partition coefficient (Wildman–Crippen LogP) is 2.72. The lowest BCUT2D eigenvalue weighted by Gasteiger charge is -2.29. The molecule has 0 bridgehead atoms. The Morgan fingerprint density at radius 1 is 1.00 bits per heavy atom. The van der Waals surface area contributed by atoms with Crippen LogP contribution in [0.3, 0.4) is 0 Å². The smallest absolute Gasteiger partial charge is 0.0245 e. The summed E-state index contributed by atoms with van der Waals surface area (Å²) in [4.78, 5) is 0. The first-order valence-corrected chi connectivity index (χ1v) is 4.17. The summed E-state index contributed by atoms with van der Waals surface area (Å²) >= 11 is 0. The molecule has 0 saturated carbocycles. The molecule has 53 valence electrons. The summed E-state index contributed by atoms with van der Waals surface area (Å²) in [5.41, 5.74) is 0. The summed E-state index contributed by atoms with van der Waals surface area (Å²) in [7, 11) is 0. The zero-order valence-electron chi connectivity index (χ0n) is 6.22. The van der Waals surface area contributed by atoms with Crippen molar-refractivity contribution in [2.24, 2.45) is 11.8 Å². The topological polar surface area (TPSA) is 0 Å². The zero-order valence-corrected chi connectivity index (χ0v) is 6.22. The van der Waals surface area contributed by atoms with Gasteiger partial charge in [-0.25, -0.2) is 0 Å². The maximum absolute atomic E-state index is 3.33. The van der Waals surface area contributed by atoms with Crippen molar-refractivity contribution in [3.05, 3.63) is 24.3 Å². The quantitative estimate of drug-likeness (QED) is 0.446. The average Bonchev–Trinajstić information content (AvgIpc) is 2.05. The number of fused-ring (bicyclic) bond motifs is 1. The van der Waals surface area contributed by atoms with Crippen molar-refractivity contribution in [3.63, 3.8) is 0 Å². The highest BCUT2D eigenvalue weighted by Crippen LogP contribution is 2.33. The molecule has 0 nitrogen and oxygen atoms in total. The van der Waals surface area contributed by atoms with Gasteiger partial charge in [0.1, 0.15) is 0 Å². The van der Waals surface area contributed by atoms with E-state index >= 15 is 0 Å². The van der Waals surface area contributed by atoms with E-state index in [1.54, 1.807) is 0 Å². The Morgan fingerprint density at radius 2 is 1.80 bits per heavy atom. The molecule has 0 N–H and O–H groups in total. The molecule has 0 aliphatic heterocycles. The minimum Gasteiger partial charge on any atom is -0.0882 e. The van der Waals surface area contributed by atoms with Crippen LogP contribution in [0.4, 0.5) is 0 Å². The third kappa shape index (κ3) is 1.03. The second-order valence-electron chi connectivity index (χ2n) is 3.31. The zero-order chi connectivity index (χ0) is 6.81. The van der Waals surface area contributed by atoms with Crippen LogP contribution >= 0.6 is 0 Å². The molecule has 0 aromatic heterocycles. The molecule has 0 spiro atoms. The lowest BCUT2D eigenvalue weighted by molar-refractivity contribution is 0.311. The van der Waals surface area contributed by atoms with Gasteiger partial charge in [0.2, 0.25) is 0 Å². The van der Waals surface area contributed by atoms with E-state index in [9.17, 15) is 0 Å². The molecule has 0 saturated heterocycles. The SMILES string of the molecule is [C]1=CCC2CC=CCC2C1. The van der Waals surface area contributed by atoms with Crippen molar-refractivity contribution in [1.82, 2.24) is 0 Å². The maximum atomic E-state index is 3.33. The molecule has 2 atom stereocenters. The fourth-order valence-corrected chi connectivity index (χ4v) is 1.94. The van der Waals surface area contributed by atoms with E-state index in [4.69, 9.17) is 0 Å². The van der Waals surface area contributed by atoms with Crippen LogP contribution in [0.1, 0.15) is 25.7 Å².